The summed E-state index contributed by atoms with van der Waals surface area (Å²) >= 11 is 0. The minimum atomic E-state index is -1.16. The fourth-order valence-corrected chi connectivity index (χ4v) is 6.34. The number of methoxy groups -OCH3 is 1. The zero-order chi connectivity index (χ0) is 44.7. The number of unbranched alkanes of at least 4 members (excludes halogenated alkanes) is 1. The maximum absolute atomic E-state index is 12.5. The van der Waals surface area contributed by atoms with Gasteiger partial charge >= 0.3 is 12.2 Å². The average Bonchev–Trinajstić information content (AvgIpc) is 3.26. The summed E-state index contributed by atoms with van der Waals surface area (Å²) in [5, 5.41) is 13.8. The molecule has 0 unspecified atom stereocenters. The lowest BCUT2D eigenvalue weighted by atomic mass is 9.91. The van der Waals surface area contributed by atoms with Gasteiger partial charge in [-0.3, -0.25) is 29.9 Å². The molecular formula is C48H62N6O8. The number of nitrogens with zero attached hydrogens (tertiary/aromatic N) is 1. The smallest absolute Gasteiger partial charge is 0.411 e. The third kappa shape index (κ3) is 17.4. The van der Waals surface area contributed by atoms with Gasteiger partial charge in [-0.1, -0.05) is 66.2 Å². The van der Waals surface area contributed by atoms with Gasteiger partial charge in [-0.2, -0.15) is 0 Å². The molecule has 14 heteroatoms. The number of anilines is 3. The fourth-order valence-electron chi connectivity index (χ4n) is 6.34. The van der Waals surface area contributed by atoms with E-state index >= 15 is 0 Å². The zero-order valence-electron chi connectivity index (χ0n) is 36.6. The second kappa shape index (κ2) is 25.5. The number of amides is 5. The molecule has 4 rings (SSSR count). The Morgan fingerprint density at radius 1 is 0.565 bits per heavy atom. The van der Waals surface area contributed by atoms with Crippen LogP contribution in [0.2, 0.25) is 0 Å². The lowest BCUT2D eigenvalue weighted by molar-refractivity contribution is -0.141. The largest absolute Gasteiger partial charge is 0.449 e. The lowest BCUT2D eigenvalue weighted by Crippen LogP contribution is -2.47. The number of hydrogen-bond donors (Lipinski definition) is 5. The quantitative estimate of drug-likeness (QED) is 0.0358. The zero-order valence-corrected chi connectivity index (χ0v) is 36.6. The van der Waals surface area contributed by atoms with Crippen LogP contribution in [-0.4, -0.2) is 95.0 Å². The van der Waals surface area contributed by atoms with Gasteiger partial charge < -0.3 is 30.2 Å². The van der Waals surface area contributed by atoms with Crippen molar-refractivity contribution in [2.45, 2.75) is 59.3 Å². The van der Waals surface area contributed by atoms with Crippen LogP contribution in [0.25, 0.3) is 0 Å². The Balaban J connectivity index is 1.07. The molecule has 0 bridgehead atoms. The van der Waals surface area contributed by atoms with Crippen LogP contribution in [0.5, 0.6) is 0 Å². The third-order valence-electron chi connectivity index (χ3n) is 10.2. The number of hydrogen-bond acceptors (Lipinski definition) is 9. The van der Waals surface area contributed by atoms with Crippen molar-refractivity contribution in [3.63, 3.8) is 0 Å². The van der Waals surface area contributed by atoms with E-state index < -0.39 is 17.6 Å². The summed E-state index contributed by atoms with van der Waals surface area (Å²) in [7, 11) is 3.12. The lowest BCUT2D eigenvalue weighted by Gasteiger charge is -2.23. The van der Waals surface area contributed by atoms with Crippen molar-refractivity contribution < 1.29 is 38.2 Å². The minimum absolute atomic E-state index is 0.110. The summed E-state index contributed by atoms with van der Waals surface area (Å²) in [4.78, 5) is 63.8. The number of nitrogens with one attached hydrogen (secondary N) is 5. The number of rotatable bonds is 24. The number of carbonyl (C=O) groups excluding carboxylic acids is 5. The minimum Gasteiger partial charge on any atom is -0.449 e. The van der Waals surface area contributed by atoms with E-state index in [4.69, 9.17) is 14.2 Å². The van der Waals surface area contributed by atoms with Crippen LogP contribution in [0.1, 0.15) is 67.3 Å². The number of aryl methyl sites for hydroxylation is 1. The first-order valence-corrected chi connectivity index (χ1v) is 21.1. The Labute approximate surface area is 365 Å². The van der Waals surface area contributed by atoms with Gasteiger partial charge in [0.05, 0.1) is 13.2 Å². The summed E-state index contributed by atoms with van der Waals surface area (Å²) < 4.78 is 15.9. The van der Waals surface area contributed by atoms with Crippen LogP contribution in [0.4, 0.5) is 26.7 Å². The molecule has 332 valence electrons. The average molecular weight is 851 g/mol. The van der Waals surface area contributed by atoms with Crippen molar-refractivity contribution in [2.75, 3.05) is 76.1 Å². The highest BCUT2D eigenvalue weighted by atomic mass is 16.6. The highest BCUT2D eigenvalue weighted by molar-refractivity contribution is 6.04. The SMILES string of the molecule is CNC(=O)C(C)(C)C(=O)NCCCN(CCOC)CCOC(=O)Nc1ccc(Cc2ccc(NC(=O)CCCCOC(=O)Nc3ccc(Cc4ccc(C)cc4)cc3)cc2)cc1. The molecule has 14 nitrogen and oxygen atoms in total. The summed E-state index contributed by atoms with van der Waals surface area (Å²) in [5.74, 6) is -0.797. The summed E-state index contributed by atoms with van der Waals surface area (Å²) in [6, 6.07) is 31.3. The first kappa shape index (κ1) is 48.4. The first-order chi connectivity index (χ1) is 29.8. The van der Waals surface area contributed by atoms with Gasteiger partial charge in [-0.15, -0.1) is 0 Å². The molecule has 0 aromatic heterocycles. The molecule has 0 atom stereocenters. The molecule has 0 saturated carbocycles. The van der Waals surface area contributed by atoms with E-state index in [1.54, 1.807) is 21.0 Å². The molecular weight excluding hydrogens is 789 g/mol. The van der Waals surface area contributed by atoms with Crippen LogP contribution in [0, 0.1) is 12.3 Å². The Kier molecular flexibility index (Phi) is 19.9. The third-order valence-corrected chi connectivity index (χ3v) is 10.2. The Hall–Kier alpha value is -6.25. The first-order valence-electron chi connectivity index (χ1n) is 21.1. The molecule has 0 spiro atoms. The fraction of sp³-hybridized carbons (Fsp3) is 0.396. The van der Waals surface area contributed by atoms with E-state index in [-0.39, 0.29) is 30.9 Å². The van der Waals surface area contributed by atoms with Crippen LogP contribution in [0.3, 0.4) is 0 Å². The second-order valence-electron chi connectivity index (χ2n) is 15.6. The Morgan fingerprint density at radius 2 is 1.03 bits per heavy atom. The van der Waals surface area contributed by atoms with E-state index in [2.05, 4.69) is 62.7 Å². The molecule has 4 aromatic rings. The van der Waals surface area contributed by atoms with Gasteiger partial charge in [-0.05, 0) is 112 Å². The summed E-state index contributed by atoms with van der Waals surface area (Å²) in [5.41, 5.74) is 6.52. The summed E-state index contributed by atoms with van der Waals surface area (Å²) in [6.07, 6.45) is 2.49. The van der Waals surface area contributed by atoms with Crippen LogP contribution in [-0.2, 0) is 41.4 Å². The molecule has 0 heterocycles. The predicted molar refractivity (Wildman–Crippen MR) is 242 cm³/mol. The van der Waals surface area contributed by atoms with E-state index in [9.17, 15) is 24.0 Å². The Bertz CT molecular complexity index is 2020. The van der Waals surface area contributed by atoms with Crippen LogP contribution in [0.15, 0.2) is 97.1 Å². The van der Waals surface area contributed by atoms with E-state index in [0.717, 1.165) is 23.1 Å². The van der Waals surface area contributed by atoms with Crippen LogP contribution >= 0.6 is 0 Å². The van der Waals surface area contributed by atoms with Gasteiger partial charge in [0.15, 0.2) is 0 Å². The van der Waals surface area contributed by atoms with Crippen molar-refractivity contribution in [1.82, 2.24) is 15.5 Å². The number of ether oxygens (including phenoxy) is 3. The molecule has 5 N–H and O–H groups in total. The van der Waals surface area contributed by atoms with Crippen molar-refractivity contribution in [3.8, 4) is 0 Å². The molecule has 62 heavy (non-hydrogen) atoms. The molecule has 0 aliphatic carbocycles. The molecule has 4 aromatic carbocycles. The van der Waals surface area contributed by atoms with E-state index in [1.807, 2.05) is 72.8 Å². The van der Waals surface area contributed by atoms with Crippen molar-refractivity contribution in [1.29, 1.82) is 0 Å². The maximum Gasteiger partial charge on any atom is 0.411 e. The van der Waals surface area contributed by atoms with Crippen LogP contribution < -0.4 is 26.6 Å². The standard InChI is InChI=1S/C48H62N6O8/c1-35-10-12-36(13-11-35)33-38-16-22-41(23-17-38)52-46(58)61-30-7-6-9-43(55)51-40-20-14-37(15-21-40)34-39-18-24-42(25-19-39)53-47(59)62-32-29-54(28-31-60-5)27-8-26-50-45(57)48(2,3)44(56)49-4/h10-25H,6-9,26-34H2,1-5H3,(H,49,56)(H,50,57)(H,51,55)(H,52,58)(H,53,59). The molecule has 0 saturated heterocycles. The topological polar surface area (TPSA) is 176 Å². The van der Waals surface area contributed by atoms with Crippen molar-refractivity contribution in [2.24, 2.45) is 5.41 Å². The monoisotopic (exact) mass is 850 g/mol. The highest BCUT2D eigenvalue weighted by Gasteiger charge is 2.34. The molecule has 0 fully saturated rings. The Morgan fingerprint density at radius 3 is 1.53 bits per heavy atom. The summed E-state index contributed by atoms with van der Waals surface area (Å²) in [6.45, 7) is 8.27. The second-order valence-corrected chi connectivity index (χ2v) is 15.6. The molecule has 0 aliphatic rings. The van der Waals surface area contributed by atoms with Gasteiger partial charge in [0.25, 0.3) is 0 Å². The number of carbonyl (C=O) groups is 5. The predicted octanol–water partition coefficient (Wildman–Crippen LogP) is 7.31. The van der Waals surface area contributed by atoms with Crippen molar-refractivity contribution >= 4 is 47.0 Å². The highest BCUT2D eigenvalue weighted by Crippen LogP contribution is 2.18. The van der Waals surface area contributed by atoms with Gasteiger partial charge in [0.1, 0.15) is 12.0 Å². The van der Waals surface area contributed by atoms with Gasteiger partial charge in [0.2, 0.25) is 17.7 Å². The number of benzene rings is 4. The van der Waals surface area contributed by atoms with E-state index in [0.29, 0.717) is 82.0 Å². The molecule has 0 aliphatic heterocycles. The van der Waals surface area contributed by atoms with Gasteiger partial charge in [-0.25, -0.2) is 9.59 Å². The van der Waals surface area contributed by atoms with Crippen molar-refractivity contribution in [3.05, 3.63) is 125 Å². The molecule has 5 amide bonds. The molecule has 0 radical (unpaired) electrons. The maximum atomic E-state index is 12.5. The van der Waals surface area contributed by atoms with Gasteiger partial charge in [0, 0.05) is 63.8 Å². The normalized spacial score (nSPS) is 11.1. The van der Waals surface area contributed by atoms with E-state index in [1.165, 1.54) is 18.2 Å².